The van der Waals surface area contributed by atoms with Crippen molar-refractivity contribution in [2.24, 2.45) is 17.8 Å². The zero-order chi connectivity index (χ0) is 20.3. The monoisotopic (exact) mass is 398 g/mol. The molecule has 2 aliphatic carbocycles. The summed E-state index contributed by atoms with van der Waals surface area (Å²) in [5, 5.41) is 0. The van der Waals surface area contributed by atoms with Crippen molar-refractivity contribution in [3.63, 3.8) is 0 Å². The Morgan fingerprint density at radius 2 is 1.55 bits per heavy atom. The Labute approximate surface area is 179 Å². The van der Waals surface area contributed by atoms with Gasteiger partial charge in [0.25, 0.3) is 0 Å². The molecular formula is C28H43F. The van der Waals surface area contributed by atoms with Gasteiger partial charge in [0, 0.05) is 0 Å². The van der Waals surface area contributed by atoms with E-state index < -0.39 is 0 Å². The zero-order valence-electron chi connectivity index (χ0n) is 18.8. The van der Waals surface area contributed by atoms with Gasteiger partial charge in [0.05, 0.1) is 0 Å². The highest BCUT2D eigenvalue weighted by atomic mass is 19.1. The topological polar surface area (TPSA) is 0 Å². The first-order chi connectivity index (χ1) is 14.3. The van der Waals surface area contributed by atoms with E-state index in [0.29, 0.717) is 5.92 Å². The molecular weight excluding hydrogens is 355 g/mol. The maximum absolute atomic E-state index is 13.5. The van der Waals surface area contributed by atoms with Gasteiger partial charge in [-0.2, -0.15) is 0 Å². The van der Waals surface area contributed by atoms with Crippen LogP contribution in [-0.4, -0.2) is 0 Å². The molecule has 0 saturated heterocycles. The van der Waals surface area contributed by atoms with Crippen molar-refractivity contribution < 1.29 is 4.39 Å². The standard InChI is InChI=1S/C28H43F/c1-2-3-4-5-6-8-11-23-14-16-25(17-15-23)28(22-24-12-9-7-10-13-24)26-18-20-27(29)21-19-26/h7,9,18-21,23-25,28H,2-6,8,10-17,22H2,1H3. The van der Waals surface area contributed by atoms with Crippen molar-refractivity contribution in [2.45, 2.75) is 109 Å². The van der Waals surface area contributed by atoms with E-state index in [0.717, 1.165) is 17.8 Å². The number of halogens is 1. The van der Waals surface area contributed by atoms with Gasteiger partial charge in [0.2, 0.25) is 0 Å². The molecule has 2 unspecified atom stereocenters. The molecule has 1 aromatic carbocycles. The lowest BCUT2D eigenvalue weighted by molar-refractivity contribution is 0.209. The van der Waals surface area contributed by atoms with Crippen LogP contribution in [0.4, 0.5) is 4.39 Å². The maximum atomic E-state index is 13.5. The van der Waals surface area contributed by atoms with Crippen LogP contribution in [0.1, 0.15) is 115 Å². The molecule has 3 rings (SSSR count). The summed E-state index contributed by atoms with van der Waals surface area (Å²) >= 11 is 0. The van der Waals surface area contributed by atoms with Gasteiger partial charge >= 0.3 is 0 Å². The minimum absolute atomic E-state index is 0.101. The van der Waals surface area contributed by atoms with E-state index in [4.69, 9.17) is 0 Å². The highest BCUT2D eigenvalue weighted by molar-refractivity contribution is 5.22. The molecule has 0 aliphatic heterocycles. The first kappa shape index (κ1) is 22.6. The molecule has 1 heteroatoms. The average Bonchev–Trinajstić information content (AvgIpc) is 2.76. The number of benzene rings is 1. The summed E-state index contributed by atoms with van der Waals surface area (Å²) in [6.45, 7) is 2.29. The molecule has 0 aromatic heterocycles. The van der Waals surface area contributed by atoms with Gasteiger partial charge in [0.1, 0.15) is 5.82 Å². The molecule has 0 N–H and O–H groups in total. The normalized spacial score (nSPS) is 25.8. The van der Waals surface area contributed by atoms with Crippen molar-refractivity contribution >= 4 is 0 Å². The Morgan fingerprint density at radius 1 is 0.828 bits per heavy atom. The fourth-order valence-electron chi connectivity index (χ4n) is 5.83. The Kier molecular flexibility index (Phi) is 9.77. The predicted molar refractivity (Wildman–Crippen MR) is 124 cm³/mol. The van der Waals surface area contributed by atoms with E-state index in [-0.39, 0.29) is 5.82 Å². The summed E-state index contributed by atoms with van der Waals surface area (Å²) in [4.78, 5) is 0. The van der Waals surface area contributed by atoms with Crippen LogP contribution in [-0.2, 0) is 0 Å². The molecule has 1 aromatic rings. The second-order valence-corrected chi connectivity index (χ2v) is 9.88. The van der Waals surface area contributed by atoms with Gasteiger partial charge in [0.15, 0.2) is 0 Å². The highest BCUT2D eigenvalue weighted by Gasteiger charge is 2.30. The van der Waals surface area contributed by atoms with Crippen molar-refractivity contribution in [1.29, 1.82) is 0 Å². The summed E-state index contributed by atoms with van der Waals surface area (Å²) in [7, 11) is 0. The van der Waals surface area contributed by atoms with Crippen LogP contribution in [0.3, 0.4) is 0 Å². The first-order valence-corrected chi connectivity index (χ1v) is 12.7. The molecule has 0 amide bonds. The van der Waals surface area contributed by atoms with Crippen molar-refractivity contribution in [3.05, 3.63) is 47.8 Å². The lowest BCUT2D eigenvalue weighted by Gasteiger charge is -2.36. The van der Waals surface area contributed by atoms with Crippen LogP contribution in [0.5, 0.6) is 0 Å². The van der Waals surface area contributed by atoms with Crippen LogP contribution in [0.25, 0.3) is 0 Å². The molecule has 0 spiro atoms. The van der Waals surface area contributed by atoms with E-state index in [9.17, 15) is 4.39 Å². The number of rotatable bonds is 11. The summed E-state index contributed by atoms with van der Waals surface area (Å²) in [5.41, 5.74) is 1.39. The number of hydrogen-bond acceptors (Lipinski definition) is 0. The lowest BCUT2D eigenvalue weighted by Crippen LogP contribution is -2.23. The molecule has 1 fully saturated rings. The van der Waals surface area contributed by atoms with Crippen LogP contribution in [0.15, 0.2) is 36.4 Å². The molecule has 2 atom stereocenters. The SMILES string of the molecule is CCCCCCCCC1CCC(C(CC2CC=CCC2)c2ccc(F)cc2)CC1. The highest BCUT2D eigenvalue weighted by Crippen LogP contribution is 2.44. The summed E-state index contributed by atoms with van der Waals surface area (Å²) in [5.74, 6) is 3.10. The van der Waals surface area contributed by atoms with Gasteiger partial charge in [-0.05, 0) is 79.9 Å². The van der Waals surface area contributed by atoms with Gasteiger partial charge in [-0.25, -0.2) is 4.39 Å². The third-order valence-electron chi connectivity index (χ3n) is 7.69. The Morgan fingerprint density at radius 3 is 2.24 bits per heavy atom. The largest absolute Gasteiger partial charge is 0.207 e. The number of allylic oxidation sites excluding steroid dienone is 2. The minimum Gasteiger partial charge on any atom is -0.207 e. The average molecular weight is 399 g/mol. The van der Waals surface area contributed by atoms with Crippen molar-refractivity contribution in [2.75, 3.05) is 0 Å². The smallest absolute Gasteiger partial charge is 0.123 e. The number of unbranched alkanes of at least 4 members (excludes halogenated alkanes) is 5. The maximum Gasteiger partial charge on any atom is 0.123 e. The molecule has 29 heavy (non-hydrogen) atoms. The third kappa shape index (κ3) is 7.58. The second kappa shape index (κ2) is 12.6. The Balaban J connectivity index is 1.49. The summed E-state index contributed by atoms with van der Waals surface area (Å²) < 4.78 is 13.5. The first-order valence-electron chi connectivity index (χ1n) is 12.7. The minimum atomic E-state index is -0.101. The molecule has 1 saturated carbocycles. The Bertz CT molecular complexity index is 579. The molecule has 0 nitrogen and oxygen atoms in total. The zero-order valence-corrected chi connectivity index (χ0v) is 18.8. The summed E-state index contributed by atoms with van der Waals surface area (Å²) in [6, 6.07) is 7.49. The van der Waals surface area contributed by atoms with Gasteiger partial charge in [-0.15, -0.1) is 0 Å². The van der Waals surface area contributed by atoms with E-state index in [2.05, 4.69) is 31.2 Å². The van der Waals surface area contributed by atoms with Gasteiger partial charge < -0.3 is 0 Å². The van der Waals surface area contributed by atoms with Crippen LogP contribution in [0, 0.1) is 23.6 Å². The van der Waals surface area contributed by atoms with Gasteiger partial charge in [-0.1, -0.05) is 89.0 Å². The van der Waals surface area contributed by atoms with E-state index in [1.165, 1.54) is 102 Å². The third-order valence-corrected chi connectivity index (χ3v) is 7.69. The van der Waals surface area contributed by atoms with E-state index in [1.54, 1.807) is 12.1 Å². The Hall–Kier alpha value is -1.11. The second-order valence-electron chi connectivity index (χ2n) is 9.88. The van der Waals surface area contributed by atoms with Crippen LogP contribution >= 0.6 is 0 Å². The van der Waals surface area contributed by atoms with Crippen LogP contribution in [0.2, 0.25) is 0 Å². The van der Waals surface area contributed by atoms with E-state index >= 15 is 0 Å². The molecule has 162 valence electrons. The quantitative estimate of drug-likeness (QED) is 0.257. The fraction of sp³-hybridized carbons (Fsp3) is 0.714. The molecule has 0 radical (unpaired) electrons. The molecule has 2 aliphatic rings. The van der Waals surface area contributed by atoms with Crippen molar-refractivity contribution in [3.8, 4) is 0 Å². The summed E-state index contributed by atoms with van der Waals surface area (Å²) in [6.07, 6.45) is 25.4. The van der Waals surface area contributed by atoms with Crippen molar-refractivity contribution in [1.82, 2.24) is 0 Å². The lowest BCUT2D eigenvalue weighted by atomic mass is 9.69. The molecule has 0 heterocycles. The predicted octanol–water partition coefficient (Wildman–Crippen LogP) is 9.21. The fourth-order valence-corrected chi connectivity index (χ4v) is 5.83. The van der Waals surface area contributed by atoms with Crippen LogP contribution < -0.4 is 0 Å². The van der Waals surface area contributed by atoms with E-state index in [1.807, 2.05) is 0 Å². The molecule has 0 bridgehead atoms. The number of hydrogen-bond donors (Lipinski definition) is 0. The van der Waals surface area contributed by atoms with Gasteiger partial charge in [-0.3, -0.25) is 0 Å².